The highest BCUT2D eigenvalue weighted by Gasteiger charge is 2.37. The van der Waals surface area contributed by atoms with Gasteiger partial charge in [-0.25, -0.2) is 8.78 Å². The van der Waals surface area contributed by atoms with Gasteiger partial charge in [0.2, 0.25) is 11.8 Å². The van der Waals surface area contributed by atoms with Gasteiger partial charge in [0.15, 0.2) is 0 Å². The van der Waals surface area contributed by atoms with Crippen molar-refractivity contribution in [1.29, 1.82) is 0 Å². The van der Waals surface area contributed by atoms with Crippen LogP contribution in [0.5, 0.6) is 0 Å². The third-order valence-corrected chi connectivity index (χ3v) is 4.35. The first kappa shape index (κ1) is 16.6. The molecular formula is C15H26F2N2O2. The van der Waals surface area contributed by atoms with E-state index in [0.29, 0.717) is 32.1 Å². The summed E-state index contributed by atoms with van der Waals surface area (Å²) >= 11 is 0. The Bertz CT molecular complexity index is 324. The average molecular weight is 304 g/mol. The summed E-state index contributed by atoms with van der Waals surface area (Å²) in [4.78, 5) is 11.9. The smallest absolute Gasteiger partial charge is 0.248 e. The lowest BCUT2D eigenvalue weighted by atomic mass is 9.86. The van der Waals surface area contributed by atoms with E-state index in [1.807, 2.05) is 0 Å². The van der Waals surface area contributed by atoms with Crippen LogP contribution in [0.25, 0.3) is 0 Å². The molecule has 4 nitrogen and oxygen atoms in total. The van der Waals surface area contributed by atoms with E-state index in [1.54, 1.807) is 0 Å². The van der Waals surface area contributed by atoms with Crippen molar-refractivity contribution < 1.29 is 18.3 Å². The number of carbonyl (C=O) groups excluding carboxylic acids is 1. The molecule has 1 saturated heterocycles. The standard InChI is InChI=1S/C15H26F2N2O2/c16-15(17)6-2-12(3-7-15)14(20)19-8-1-11-21-13-4-9-18-10-5-13/h12-13,18H,1-11H2,(H,19,20). The molecule has 0 aromatic heterocycles. The zero-order chi connectivity index (χ0) is 15.1. The van der Waals surface area contributed by atoms with Gasteiger partial charge >= 0.3 is 0 Å². The van der Waals surface area contributed by atoms with Gasteiger partial charge in [-0.1, -0.05) is 0 Å². The Morgan fingerprint density at radius 3 is 2.52 bits per heavy atom. The van der Waals surface area contributed by atoms with Crippen molar-refractivity contribution >= 4 is 5.91 Å². The summed E-state index contributed by atoms with van der Waals surface area (Å²) in [7, 11) is 0. The van der Waals surface area contributed by atoms with Crippen molar-refractivity contribution in [3.05, 3.63) is 0 Å². The summed E-state index contributed by atoms with van der Waals surface area (Å²) in [5.41, 5.74) is 0. The van der Waals surface area contributed by atoms with Crippen molar-refractivity contribution in [2.24, 2.45) is 5.92 Å². The highest BCUT2D eigenvalue weighted by Crippen LogP contribution is 2.36. The number of carbonyl (C=O) groups is 1. The number of hydrogen-bond donors (Lipinski definition) is 2. The van der Waals surface area contributed by atoms with Crippen LogP contribution in [0, 0.1) is 5.92 Å². The lowest BCUT2D eigenvalue weighted by Crippen LogP contribution is -2.37. The van der Waals surface area contributed by atoms with E-state index in [4.69, 9.17) is 4.74 Å². The Hall–Kier alpha value is -0.750. The van der Waals surface area contributed by atoms with Crippen LogP contribution < -0.4 is 10.6 Å². The molecule has 1 aliphatic carbocycles. The quantitative estimate of drug-likeness (QED) is 0.739. The minimum Gasteiger partial charge on any atom is -0.378 e. The van der Waals surface area contributed by atoms with Crippen LogP contribution in [0.2, 0.25) is 0 Å². The average Bonchev–Trinajstić information content (AvgIpc) is 2.47. The normalized spacial score (nSPS) is 23.9. The fraction of sp³-hybridized carbons (Fsp3) is 0.933. The lowest BCUT2D eigenvalue weighted by Gasteiger charge is -2.27. The molecule has 1 saturated carbocycles. The molecular weight excluding hydrogens is 278 g/mol. The summed E-state index contributed by atoms with van der Waals surface area (Å²) in [5, 5.41) is 6.12. The zero-order valence-electron chi connectivity index (χ0n) is 12.5. The molecule has 2 rings (SSSR count). The van der Waals surface area contributed by atoms with Crippen molar-refractivity contribution in [2.75, 3.05) is 26.2 Å². The second kappa shape index (κ2) is 8.03. The van der Waals surface area contributed by atoms with Gasteiger partial charge in [-0.05, 0) is 45.2 Å². The minimum absolute atomic E-state index is 0.0765. The van der Waals surface area contributed by atoms with Gasteiger partial charge in [0.05, 0.1) is 6.10 Å². The topological polar surface area (TPSA) is 50.4 Å². The fourth-order valence-corrected chi connectivity index (χ4v) is 2.94. The summed E-state index contributed by atoms with van der Waals surface area (Å²) in [5.74, 6) is -2.89. The second-order valence-corrected chi connectivity index (χ2v) is 6.09. The highest BCUT2D eigenvalue weighted by atomic mass is 19.3. The van der Waals surface area contributed by atoms with Gasteiger partial charge in [0, 0.05) is 31.9 Å². The van der Waals surface area contributed by atoms with Crippen LogP contribution in [0.1, 0.15) is 44.9 Å². The van der Waals surface area contributed by atoms with Crippen LogP contribution >= 0.6 is 0 Å². The molecule has 1 amide bonds. The van der Waals surface area contributed by atoms with Crippen LogP contribution in [0.4, 0.5) is 8.78 Å². The van der Waals surface area contributed by atoms with E-state index in [-0.39, 0.29) is 24.7 Å². The minimum atomic E-state index is -2.57. The van der Waals surface area contributed by atoms with E-state index in [9.17, 15) is 13.6 Å². The summed E-state index contributed by atoms with van der Waals surface area (Å²) in [6.07, 6.45) is 3.47. The Kier molecular flexibility index (Phi) is 6.36. The molecule has 2 fully saturated rings. The highest BCUT2D eigenvalue weighted by molar-refractivity contribution is 5.78. The molecule has 2 aliphatic rings. The predicted molar refractivity (Wildman–Crippen MR) is 76.4 cm³/mol. The van der Waals surface area contributed by atoms with Gasteiger partial charge in [-0.15, -0.1) is 0 Å². The molecule has 0 atom stereocenters. The number of rotatable bonds is 6. The zero-order valence-corrected chi connectivity index (χ0v) is 12.5. The third kappa shape index (κ3) is 5.87. The molecule has 6 heteroatoms. The van der Waals surface area contributed by atoms with Crippen LogP contribution in [0.3, 0.4) is 0 Å². The van der Waals surface area contributed by atoms with Crippen LogP contribution in [-0.4, -0.2) is 44.2 Å². The molecule has 0 unspecified atom stereocenters. The molecule has 122 valence electrons. The van der Waals surface area contributed by atoms with Crippen molar-refractivity contribution in [1.82, 2.24) is 10.6 Å². The fourth-order valence-electron chi connectivity index (χ4n) is 2.94. The number of ether oxygens (including phenoxy) is 1. The van der Waals surface area contributed by atoms with Crippen LogP contribution in [-0.2, 0) is 9.53 Å². The number of halogens is 2. The van der Waals surface area contributed by atoms with E-state index in [0.717, 1.165) is 32.4 Å². The predicted octanol–water partition coefficient (Wildman–Crippen LogP) is 2.09. The van der Waals surface area contributed by atoms with E-state index >= 15 is 0 Å². The second-order valence-electron chi connectivity index (χ2n) is 6.09. The summed E-state index contributed by atoms with van der Waals surface area (Å²) < 4.78 is 31.8. The first-order valence-corrected chi connectivity index (χ1v) is 8.05. The van der Waals surface area contributed by atoms with Crippen molar-refractivity contribution in [2.45, 2.75) is 57.0 Å². The first-order valence-electron chi connectivity index (χ1n) is 8.05. The van der Waals surface area contributed by atoms with Gasteiger partial charge in [-0.2, -0.15) is 0 Å². The molecule has 0 aromatic rings. The van der Waals surface area contributed by atoms with E-state index < -0.39 is 5.92 Å². The molecule has 0 bridgehead atoms. The maximum absolute atomic E-state index is 13.0. The SMILES string of the molecule is O=C(NCCCOC1CCNCC1)C1CCC(F)(F)CC1. The largest absolute Gasteiger partial charge is 0.378 e. The van der Waals surface area contributed by atoms with Gasteiger partial charge in [0.1, 0.15) is 0 Å². The number of alkyl halides is 2. The maximum atomic E-state index is 13.0. The Morgan fingerprint density at radius 2 is 1.86 bits per heavy atom. The summed E-state index contributed by atoms with van der Waals surface area (Å²) in [6, 6.07) is 0. The molecule has 0 spiro atoms. The number of amides is 1. The molecule has 21 heavy (non-hydrogen) atoms. The molecule has 2 N–H and O–H groups in total. The monoisotopic (exact) mass is 304 g/mol. The Labute approximate surface area is 125 Å². The van der Waals surface area contributed by atoms with Crippen LogP contribution in [0.15, 0.2) is 0 Å². The van der Waals surface area contributed by atoms with E-state index in [1.165, 1.54) is 0 Å². The van der Waals surface area contributed by atoms with Gasteiger partial charge < -0.3 is 15.4 Å². The number of nitrogens with one attached hydrogen (secondary N) is 2. The molecule has 0 aromatic carbocycles. The third-order valence-electron chi connectivity index (χ3n) is 4.35. The van der Waals surface area contributed by atoms with E-state index in [2.05, 4.69) is 10.6 Å². The molecule has 0 radical (unpaired) electrons. The Morgan fingerprint density at radius 1 is 1.19 bits per heavy atom. The Balaban J connectivity index is 1.51. The summed E-state index contributed by atoms with van der Waals surface area (Å²) in [6.45, 7) is 3.23. The maximum Gasteiger partial charge on any atom is 0.248 e. The van der Waals surface area contributed by atoms with Crippen molar-refractivity contribution in [3.8, 4) is 0 Å². The first-order chi connectivity index (χ1) is 10.1. The number of piperidine rings is 1. The lowest BCUT2D eigenvalue weighted by molar-refractivity contribution is -0.129. The van der Waals surface area contributed by atoms with Gasteiger partial charge in [-0.3, -0.25) is 4.79 Å². The molecule has 1 aliphatic heterocycles. The molecule has 1 heterocycles. The number of hydrogen-bond acceptors (Lipinski definition) is 3. The van der Waals surface area contributed by atoms with Gasteiger partial charge in [0.25, 0.3) is 0 Å². The van der Waals surface area contributed by atoms with Crippen molar-refractivity contribution in [3.63, 3.8) is 0 Å².